The topological polar surface area (TPSA) is 72.6 Å². The minimum atomic E-state index is -2.29. The summed E-state index contributed by atoms with van der Waals surface area (Å²) in [5.74, 6) is 1.22. The van der Waals surface area contributed by atoms with Gasteiger partial charge in [0, 0.05) is 5.92 Å². The van der Waals surface area contributed by atoms with Gasteiger partial charge in [0.1, 0.15) is 5.52 Å². The second-order valence-corrected chi connectivity index (χ2v) is 6.11. The highest BCUT2D eigenvalue weighted by Crippen LogP contribution is 2.42. The Morgan fingerprint density at radius 1 is 1.58 bits per heavy atom. The lowest BCUT2D eigenvalue weighted by Crippen LogP contribution is -2.02. The van der Waals surface area contributed by atoms with Gasteiger partial charge < -0.3 is 4.42 Å². The van der Waals surface area contributed by atoms with E-state index in [9.17, 15) is 4.21 Å². The van der Waals surface area contributed by atoms with Crippen LogP contribution in [-0.2, 0) is 15.5 Å². The van der Waals surface area contributed by atoms with Crippen LogP contribution in [0.2, 0.25) is 0 Å². The zero-order valence-corrected chi connectivity index (χ0v) is 12.5. The fourth-order valence-corrected chi connectivity index (χ4v) is 2.85. The fraction of sp³-hybridized carbons (Fsp3) is 0.417. The first-order chi connectivity index (χ1) is 9.04. The lowest BCUT2D eigenvalue weighted by Gasteiger charge is -2.09. The quantitative estimate of drug-likeness (QED) is 0.855. The molecule has 7 heteroatoms. The lowest BCUT2D eigenvalue weighted by molar-refractivity contribution is 0.227. The summed E-state index contributed by atoms with van der Waals surface area (Å²) in [6.45, 7) is 1.71. The largest absolute Gasteiger partial charge is 0.439 e. The number of nitrogens with zero attached hydrogens (tertiary/aromatic N) is 1. The van der Waals surface area contributed by atoms with Gasteiger partial charge in [-0.25, -0.2) is 4.98 Å². The van der Waals surface area contributed by atoms with Crippen LogP contribution in [0.25, 0.3) is 11.1 Å². The molecule has 1 aliphatic carbocycles. The Hall–Kier alpha value is -0.760. The average molecular weight is 346 g/mol. The molecule has 0 spiro atoms. The lowest BCUT2D eigenvalue weighted by atomic mass is 10.1. The standard InChI is InChI=1S/C12H12BrNO4S/c1-6(18-19(15)16)8-4-9(13)11-10(5-8)14-12(17-11)7-2-3-7/h4-7H,2-3H2,1H3,(H,15,16). The molecule has 0 amide bonds. The molecule has 0 bridgehead atoms. The SMILES string of the molecule is CC(OS(=O)O)c1cc(Br)c2oc(C3CC3)nc2c1. The number of hydrogen-bond donors (Lipinski definition) is 1. The Labute approximate surface area is 121 Å². The predicted molar refractivity (Wildman–Crippen MR) is 74.0 cm³/mol. The average Bonchev–Trinajstić information content (AvgIpc) is 3.08. The molecule has 0 radical (unpaired) electrons. The van der Waals surface area contributed by atoms with E-state index in [0.29, 0.717) is 11.5 Å². The van der Waals surface area contributed by atoms with Crippen LogP contribution in [0.15, 0.2) is 21.0 Å². The Bertz CT molecular complexity index is 652. The second-order valence-electron chi connectivity index (χ2n) is 4.63. The summed E-state index contributed by atoms with van der Waals surface area (Å²) in [6.07, 6.45) is 1.76. The minimum absolute atomic E-state index is 0.446. The Balaban J connectivity index is 2.00. The van der Waals surface area contributed by atoms with E-state index < -0.39 is 17.5 Å². The van der Waals surface area contributed by atoms with Crippen LogP contribution >= 0.6 is 15.9 Å². The van der Waals surface area contributed by atoms with E-state index in [4.69, 9.17) is 13.2 Å². The molecule has 5 nitrogen and oxygen atoms in total. The number of aromatic nitrogens is 1. The van der Waals surface area contributed by atoms with Crippen molar-refractivity contribution in [2.24, 2.45) is 0 Å². The van der Waals surface area contributed by atoms with Gasteiger partial charge in [0.2, 0.25) is 0 Å². The molecule has 2 aromatic rings. The van der Waals surface area contributed by atoms with Gasteiger partial charge in [-0.3, -0.25) is 8.74 Å². The first-order valence-electron chi connectivity index (χ1n) is 5.92. The van der Waals surface area contributed by atoms with Crippen LogP contribution in [0.3, 0.4) is 0 Å². The number of hydrogen-bond acceptors (Lipinski definition) is 4. The van der Waals surface area contributed by atoms with Crippen molar-refractivity contribution in [2.45, 2.75) is 31.8 Å². The van der Waals surface area contributed by atoms with Crippen molar-refractivity contribution in [1.82, 2.24) is 4.98 Å². The van der Waals surface area contributed by atoms with Crippen molar-refractivity contribution < 1.29 is 17.4 Å². The van der Waals surface area contributed by atoms with Gasteiger partial charge in [0.05, 0.1) is 10.6 Å². The van der Waals surface area contributed by atoms with Gasteiger partial charge in [0.25, 0.3) is 0 Å². The second kappa shape index (κ2) is 4.97. The van der Waals surface area contributed by atoms with Crippen LogP contribution < -0.4 is 0 Å². The van der Waals surface area contributed by atoms with Crippen molar-refractivity contribution in [3.8, 4) is 0 Å². The van der Waals surface area contributed by atoms with E-state index >= 15 is 0 Å². The highest BCUT2D eigenvalue weighted by Gasteiger charge is 2.29. The summed E-state index contributed by atoms with van der Waals surface area (Å²) in [4.78, 5) is 4.47. The molecule has 2 atom stereocenters. The van der Waals surface area contributed by atoms with Crippen LogP contribution in [0.5, 0.6) is 0 Å². The number of rotatable bonds is 4. The number of halogens is 1. The normalized spacial score (nSPS) is 18.7. The zero-order valence-electron chi connectivity index (χ0n) is 10.1. The van der Waals surface area contributed by atoms with Gasteiger partial charge in [-0.05, 0) is 53.4 Å². The van der Waals surface area contributed by atoms with E-state index in [1.807, 2.05) is 12.1 Å². The summed E-state index contributed by atoms with van der Waals surface area (Å²) >= 11 is 1.15. The maximum Gasteiger partial charge on any atom is 0.302 e. The molecule has 0 saturated heterocycles. The summed E-state index contributed by atoms with van der Waals surface area (Å²) in [6, 6.07) is 3.65. The molecule has 1 aromatic heterocycles. The third-order valence-corrected chi connectivity index (χ3v) is 4.15. The van der Waals surface area contributed by atoms with Gasteiger partial charge in [-0.2, -0.15) is 4.21 Å². The van der Waals surface area contributed by atoms with Crippen molar-refractivity contribution >= 4 is 38.4 Å². The van der Waals surface area contributed by atoms with E-state index in [-0.39, 0.29) is 0 Å². The van der Waals surface area contributed by atoms with Gasteiger partial charge >= 0.3 is 11.4 Å². The Morgan fingerprint density at radius 3 is 2.95 bits per heavy atom. The summed E-state index contributed by atoms with van der Waals surface area (Å²) in [5, 5.41) is 0. The van der Waals surface area contributed by atoms with Crippen LogP contribution in [0.4, 0.5) is 0 Å². The predicted octanol–water partition coefficient (Wildman–Crippen LogP) is 3.68. The molecule has 3 rings (SSSR count). The first kappa shape index (κ1) is 13.2. The first-order valence-corrected chi connectivity index (χ1v) is 7.75. The third kappa shape index (κ3) is 2.74. The zero-order chi connectivity index (χ0) is 13.6. The van der Waals surface area contributed by atoms with E-state index in [1.165, 1.54) is 0 Å². The van der Waals surface area contributed by atoms with Crippen molar-refractivity contribution in [2.75, 3.05) is 0 Å². The smallest absolute Gasteiger partial charge is 0.302 e. The molecule has 1 aromatic carbocycles. The molecule has 19 heavy (non-hydrogen) atoms. The monoisotopic (exact) mass is 345 g/mol. The maximum atomic E-state index is 10.7. The van der Waals surface area contributed by atoms with E-state index in [2.05, 4.69) is 20.9 Å². The van der Waals surface area contributed by atoms with Crippen molar-refractivity contribution in [1.29, 1.82) is 0 Å². The fourth-order valence-electron chi connectivity index (χ4n) is 1.95. The molecule has 2 unspecified atom stereocenters. The minimum Gasteiger partial charge on any atom is -0.439 e. The highest BCUT2D eigenvalue weighted by molar-refractivity contribution is 9.10. The summed E-state index contributed by atoms with van der Waals surface area (Å²) in [7, 11) is 0. The molecule has 1 heterocycles. The van der Waals surface area contributed by atoms with E-state index in [0.717, 1.165) is 34.3 Å². The molecule has 102 valence electrons. The van der Waals surface area contributed by atoms with Crippen molar-refractivity contribution in [3.05, 3.63) is 28.1 Å². The summed E-state index contributed by atoms with van der Waals surface area (Å²) in [5.41, 5.74) is 2.23. The van der Waals surface area contributed by atoms with Crippen LogP contribution in [0, 0.1) is 0 Å². The maximum absolute atomic E-state index is 10.7. The highest BCUT2D eigenvalue weighted by atomic mass is 79.9. The number of oxazole rings is 1. The number of benzene rings is 1. The van der Waals surface area contributed by atoms with E-state index in [1.54, 1.807) is 6.92 Å². The molecule has 1 fully saturated rings. The van der Waals surface area contributed by atoms with Crippen LogP contribution in [-0.4, -0.2) is 13.7 Å². The number of fused-ring (bicyclic) bond motifs is 1. The van der Waals surface area contributed by atoms with Crippen molar-refractivity contribution in [3.63, 3.8) is 0 Å². The Morgan fingerprint density at radius 2 is 2.32 bits per heavy atom. The summed E-state index contributed by atoms with van der Waals surface area (Å²) < 4.78 is 30.8. The molecule has 0 aliphatic heterocycles. The van der Waals surface area contributed by atoms with Gasteiger partial charge in [-0.1, -0.05) is 0 Å². The molecule has 1 aliphatic rings. The molecule has 1 N–H and O–H groups in total. The third-order valence-electron chi connectivity index (χ3n) is 3.11. The molecular formula is C12H12BrNO4S. The van der Waals surface area contributed by atoms with Crippen LogP contribution in [0.1, 0.15) is 43.2 Å². The van der Waals surface area contributed by atoms with Gasteiger partial charge in [0.15, 0.2) is 11.5 Å². The molecular weight excluding hydrogens is 334 g/mol. The van der Waals surface area contributed by atoms with Gasteiger partial charge in [-0.15, -0.1) is 0 Å². The Kier molecular flexibility index (Phi) is 3.46. The molecule has 1 saturated carbocycles.